The molecule has 1 heterocycles. The van der Waals surface area contributed by atoms with Gasteiger partial charge < -0.3 is 10.4 Å². The molecule has 2 N–H and O–H groups in total. The molecule has 1 aromatic carbocycles. The maximum Gasteiger partial charge on any atom is 0.255 e. The third-order valence-corrected chi connectivity index (χ3v) is 3.52. The van der Waals surface area contributed by atoms with Gasteiger partial charge in [0.2, 0.25) is 0 Å². The predicted molar refractivity (Wildman–Crippen MR) is 71.0 cm³/mol. The van der Waals surface area contributed by atoms with E-state index < -0.39 is 11.7 Å². The number of thiazole rings is 1. The molecular formula is C13H13FN2O2S. The van der Waals surface area contributed by atoms with Crippen molar-refractivity contribution in [3.63, 3.8) is 0 Å². The second-order valence-electron chi connectivity index (χ2n) is 4.05. The molecule has 0 fully saturated rings. The van der Waals surface area contributed by atoms with Gasteiger partial charge in [-0.1, -0.05) is 0 Å². The van der Waals surface area contributed by atoms with E-state index in [1.165, 1.54) is 11.3 Å². The summed E-state index contributed by atoms with van der Waals surface area (Å²) < 4.78 is 13.0. The first-order valence-corrected chi connectivity index (χ1v) is 6.62. The number of phenols is 1. The Hall–Kier alpha value is -1.95. The van der Waals surface area contributed by atoms with Crippen LogP contribution in [0.15, 0.2) is 23.6 Å². The molecule has 19 heavy (non-hydrogen) atoms. The average molecular weight is 280 g/mol. The number of aromatic hydroxyl groups is 1. The topological polar surface area (TPSA) is 62.2 Å². The number of hydrogen-bond donors (Lipinski definition) is 2. The van der Waals surface area contributed by atoms with Gasteiger partial charge in [0.25, 0.3) is 5.91 Å². The number of aromatic nitrogens is 1. The second kappa shape index (κ2) is 5.79. The van der Waals surface area contributed by atoms with Gasteiger partial charge in [-0.15, -0.1) is 11.3 Å². The molecule has 0 unspecified atom stereocenters. The van der Waals surface area contributed by atoms with Crippen LogP contribution in [0.1, 0.15) is 21.1 Å². The molecule has 0 bridgehead atoms. The maximum atomic E-state index is 13.0. The lowest BCUT2D eigenvalue weighted by Crippen LogP contribution is -2.25. The molecule has 100 valence electrons. The highest BCUT2D eigenvalue weighted by atomic mass is 32.1. The third kappa shape index (κ3) is 3.51. The zero-order valence-electron chi connectivity index (χ0n) is 10.3. The van der Waals surface area contributed by atoms with Crippen LogP contribution < -0.4 is 5.32 Å². The Balaban J connectivity index is 1.92. The van der Waals surface area contributed by atoms with Crippen LogP contribution in [0, 0.1) is 12.7 Å². The summed E-state index contributed by atoms with van der Waals surface area (Å²) in [5, 5.41) is 15.0. The number of benzene rings is 1. The number of amides is 1. The van der Waals surface area contributed by atoms with Gasteiger partial charge in [-0.25, -0.2) is 9.37 Å². The summed E-state index contributed by atoms with van der Waals surface area (Å²) in [6.07, 6.45) is 0.611. The van der Waals surface area contributed by atoms with E-state index in [1.54, 1.807) is 0 Å². The molecule has 0 aliphatic heterocycles. The third-order valence-electron chi connectivity index (χ3n) is 2.49. The van der Waals surface area contributed by atoms with Crippen LogP contribution in [0.2, 0.25) is 0 Å². The van der Waals surface area contributed by atoms with E-state index in [0.29, 0.717) is 13.0 Å². The Labute approximate surface area is 113 Å². The Bertz CT molecular complexity index is 598. The largest absolute Gasteiger partial charge is 0.507 e. The quantitative estimate of drug-likeness (QED) is 0.903. The molecule has 4 nitrogen and oxygen atoms in total. The number of rotatable bonds is 4. The van der Waals surface area contributed by atoms with Crippen LogP contribution >= 0.6 is 11.3 Å². The van der Waals surface area contributed by atoms with E-state index in [1.807, 2.05) is 12.3 Å². The monoisotopic (exact) mass is 280 g/mol. The fourth-order valence-electron chi connectivity index (χ4n) is 1.59. The van der Waals surface area contributed by atoms with E-state index in [-0.39, 0.29) is 11.3 Å². The van der Waals surface area contributed by atoms with Crippen molar-refractivity contribution in [3.8, 4) is 5.75 Å². The number of halogens is 1. The first kappa shape index (κ1) is 13.5. The predicted octanol–water partition coefficient (Wildman–Crippen LogP) is 2.27. The van der Waals surface area contributed by atoms with Crippen molar-refractivity contribution in [2.45, 2.75) is 13.3 Å². The first-order valence-electron chi connectivity index (χ1n) is 5.74. The van der Waals surface area contributed by atoms with E-state index in [0.717, 1.165) is 28.9 Å². The number of nitrogens with one attached hydrogen (secondary N) is 1. The Morgan fingerprint density at radius 1 is 1.53 bits per heavy atom. The Kier molecular flexibility index (Phi) is 4.11. The van der Waals surface area contributed by atoms with E-state index >= 15 is 0 Å². The summed E-state index contributed by atoms with van der Waals surface area (Å²) in [7, 11) is 0. The summed E-state index contributed by atoms with van der Waals surface area (Å²) in [6, 6.07) is 3.27. The van der Waals surface area contributed by atoms with Gasteiger partial charge in [0.05, 0.1) is 10.6 Å². The Morgan fingerprint density at radius 2 is 2.32 bits per heavy atom. The van der Waals surface area contributed by atoms with Crippen LogP contribution in [0.25, 0.3) is 0 Å². The number of aryl methyl sites for hydroxylation is 1. The molecule has 0 aliphatic rings. The zero-order chi connectivity index (χ0) is 13.8. The van der Waals surface area contributed by atoms with Gasteiger partial charge in [0.15, 0.2) is 0 Å². The Morgan fingerprint density at radius 3 is 3.00 bits per heavy atom. The standard InChI is InChI=1S/C13H13FN2O2S/c1-8-7-19-12(16-8)4-5-15-13(18)10-6-9(14)2-3-11(10)17/h2-3,6-7,17H,4-5H2,1H3,(H,15,18). The van der Waals surface area contributed by atoms with E-state index in [2.05, 4.69) is 10.3 Å². The maximum absolute atomic E-state index is 13.0. The molecule has 0 atom stereocenters. The number of hydrogen-bond acceptors (Lipinski definition) is 4. The van der Waals surface area contributed by atoms with E-state index in [9.17, 15) is 14.3 Å². The van der Waals surface area contributed by atoms with Gasteiger partial charge in [-0.05, 0) is 25.1 Å². The molecule has 0 radical (unpaired) electrons. The SMILES string of the molecule is Cc1csc(CCNC(=O)c2cc(F)ccc2O)n1. The minimum Gasteiger partial charge on any atom is -0.507 e. The van der Waals surface area contributed by atoms with Crippen molar-refractivity contribution in [2.24, 2.45) is 0 Å². The molecule has 0 saturated carbocycles. The molecule has 2 aromatic rings. The molecule has 1 amide bonds. The number of carbonyl (C=O) groups is 1. The van der Waals surface area contributed by atoms with Crippen LogP contribution in [0.3, 0.4) is 0 Å². The summed E-state index contributed by atoms with van der Waals surface area (Å²) >= 11 is 1.53. The molecule has 0 spiro atoms. The van der Waals surface area contributed by atoms with Crippen molar-refractivity contribution in [2.75, 3.05) is 6.54 Å². The van der Waals surface area contributed by atoms with Crippen molar-refractivity contribution in [1.29, 1.82) is 0 Å². The lowest BCUT2D eigenvalue weighted by molar-refractivity contribution is 0.0951. The average Bonchev–Trinajstić information content (AvgIpc) is 2.78. The number of carbonyl (C=O) groups excluding carboxylic acids is 1. The van der Waals surface area contributed by atoms with Crippen molar-refractivity contribution in [3.05, 3.63) is 45.7 Å². The molecule has 0 aliphatic carbocycles. The molecule has 2 rings (SSSR count). The number of phenolic OH excluding ortho intramolecular Hbond substituents is 1. The fourth-order valence-corrected chi connectivity index (χ4v) is 2.36. The lowest BCUT2D eigenvalue weighted by atomic mass is 10.2. The van der Waals surface area contributed by atoms with Gasteiger partial charge in [-0.2, -0.15) is 0 Å². The fraction of sp³-hybridized carbons (Fsp3) is 0.231. The summed E-state index contributed by atoms with van der Waals surface area (Å²) in [5.41, 5.74) is 0.893. The minimum absolute atomic E-state index is 0.0599. The summed E-state index contributed by atoms with van der Waals surface area (Å²) in [4.78, 5) is 16.0. The van der Waals surface area contributed by atoms with Crippen molar-refractivity contribution < 1.29 is 14.3 Å². The van der Waals surface area contributed by atoms with Crippen LogP contribution in [0.4, 0.5) is 4.39 Å². The van der Waals surface area contributed by atoms with Gasteiger partial charge >= 0.3 is 0 Å². The minimum atomic E-state index is -0.557. The molecule has 0 saturated heterocycles. The van der Waals surface area contributed by atoms with Crippen LogP contribution in [0.5, 0.6) is 5.75 Å². The van der Waals surface area contributed by atoms with E-state index in [4.69, 9.17) is 0 Å². The van der Waals surface area contributed by atoms with Gasteiger partial charge in [-0.3, -0.25) is 4.79 Å². The highest BCUT2D eigenvalue weighted by molar-refractivity contribution is 7.09. The molecular weight excluding hydrogens is 267 g/mol. The van der Waals surface area contributed by atoms with Gasteiger partial charge in [0, 0.05) is 24.0 Å². The summed E-state index contributed by atoms with van der Waals surface area (Å²) in [6.45, 7) is 2.30. The normalized spacial score (nSPS) is 10.4. The lowest BCUT2D eigenvalue weighted by Gasteiger charge is -2.06. The molecule has 1 aromatic heterocycles. The number of nitrogens with zero attached hydrogens (tertiary/aromatic N) is 1. The van der Waals surface area contributed by atoms with Gasteiger partial charge in [0.1, 0.15) is 11.6 Å². The van der Waals surface area contributed by atoms with Crippen molar-refractivity contribution in [1.82, 2.24) is 10.3 Å². The van der Waals surface area contributed by atoms with Crippen LogP contribution in [-0.2, 0) is 6.42 Å². The highest BCUT2D eigenvalue weighted by Gasteiger charge is 2.11. The summed E-state index contributed by atoms with van der Waals surface area (Å²) in [5.74, 6) is -1.28. The second-order valence-corrected chi connectivity index (χ2v) is 4.99. The highest BCUT2D eigenvalue weighted by Crippen LogP contribution is 2.17. The van der Waals surface area contributed by atoms with Crippen molar-refractivity contribution >= 4 is 17.2 Å². The zero-order valence-corrected chi connectivity index (χ0v) is 11.1. The van der Waals surface area contributed by atoms with Crippen LogP contribution in [-0.4, -0.2) is 22.5 Å². The molecule has 6 heteroatoms. The smallest absolute Gasteiger partial charge is 0.255 e. The first-order chi connectivity index (χ1) is 9.06.